The Morgan fingerprint density at radius 1 is 0.263 bits per heavy atom. The Morgan fingerprint density at radius 2 is 0.487 bits per heavy atom. The average molecular weight is 1110 g/mol. The molecule has 0 aliphatic heterocycles. The van der Waals surface area contributed by atoms with Crippen molar-refractivity contribution < 1.29 is 28.6 Å². The Kier molecular flexibility index (Phi) is 64.3. The van der Waals surface area contributed by atoms with Gasteiger partial charge >= 0.3 is 17.9 Å². The number of hydrogen-bond donors (Lipinski definition) is 0. The molecule has 0 radical (unpaired) electrons. The molecule has 0 fully saturated rings. The first-order valence-corrected chi connectivity index (χ1v) is 33.9. The van der Waals surface area contributed by atoms with Crippen LogP contribution in [0, 0.1) is 0 Å². The maximum atomic E-state index is 12.9. The highest BCUT2D eigenvalue weighted by atomic mass is 16.6. The van der Waals surface area contributed by atoms with Crippen molar-refractivity contribution in [3.05, 3.63) is 109 Å². The highest BCUT2D eigenvalue weighted by Crippen LogP contribution is 2.16. The number of rotatable bonds is 61. The molecule has 0 spiro atoms. The molecule has 6 nitrogen and oxygen atoms in total. The van der Waals surface area contributed by atoms with E-state index in [1.54, 1.807) is 0 Å². The molecule has 0 saturated heterocycles. The predicted molar refractivity (Wildman–Crippen MR) is 348 cm³/mol. The monoisotopic (exact) mass is 1110 g/mol. The van der Waals surface area contributed by atoms with E-state index in [1.165, 1.54) is 161 Å². The maximum absolute atomic E-state index is 12.9. The lowest BCUT2D eigenvalue weighted by molar-refractivity contribution is -0.167. The van der Waals surface area contributed by atoms with Crippen LogP contribution < -0.4 is 0 Å². The molecule has 0 amide bonds. The molecular weight excluding hydrogens is 985 g/mol. The molecule has 80 heavy (non-hydrogen) atoms. The summed E-state index contributed by atoms with van der Waals surface area (Å²) in [6, 6.07) is 0. The van der Waals surface area contributed by atoms with Crippen molar-refractivity contribution in [2.45, 2.75) is 329 Å². The van der Waals surface area contributed by atoms with Crippen molar-refractivity contribution in [1.29, 1.82) is 0 Å². The molecule has 0 rings (SSSR count). The first kappa shape index (κ1) is 76.1. The number of hydrogen-bond acceptors (Lipinski definition) is 6. The van der Waals surface area contributed by atoms with Crippen LogP contribution >= 0.6 is 0 Å². The fourth-order valence-electron chi connectivity index (χ4n) is 9.45. The predicted octanol–water partition coefficient (Wildman–Crippen LogP) is 23.4. The third kappa shape index (κ3) is 64.9. The van der Waals surface area contributed by atoms with E-state index in [4.69, 9.17) is 14.2 Å². The molecular formula is C74H126O6. The normalized spacial score (nSPS) is 12.8. The zero-order valence-electron chi connectivity index (χ0n) is 52.6. The largest absolute Gasteiger partial charge is 0.462 e. The van der Waals surface area contributed by atoms with Crippen molar-refractivity contribution in [2.75, 3.05) is 13.2 Å². The van der Waals surface area contributed by atoms with Gasteiger partial charge in [0.2, 0.25) is 0 Å². The second kappa shape index (κ2) is 67.6. The summed E-state index contributed by atoms with van der Waals surface area (Å²) in [7, 11) is 0. The van der Waals surface area contributed by atoms with Gasteiger partial charge in [-0.2, -0.15) is 0 Å². The van der Waals surface area contributed by atoms with Crippen molar-refractivity contribution in [1.82, 2.24) is 0 Å². The number of ether oxygens (including phenoxy) is 3. The third-order valence-electron chi connectivity index (χ3n) is 14.5. The molecule has 0 saturated carbocycles. The summed E-state index contributed by atoms with van der Waals surface area (Å²) in [6.45, 7) is 6.53. The lowest BCUT2D eigenvalue weighted by atomic mass is 10.0. The van der Waals surface area contributed by atoms with Crippen LogP contribution in [0.2, 0.25) is 0 Å². The molecule has 6 heteroatoms. The number of carbonyl (C=O) groups excluding carboxylic acids is 3. The lowest BCUT2D eigenvalue weighted by Crippen LogP contribution is -2.30. The van der Waals surface area contributed by atoms with E-state index in [1.807, 2.05) is 0 Å². The van der Waals surface area contributed by atoms with Gasteiger partial charge < -0.3 is 14.2 Å². The van der Waals surface area contributed by atoms with Crippen molar-refractivity contribution >= 4 is 17.9 Å². The van der Waals surface area contributed by atoms with Gasteiger partial charge in [-0.05, 0) is 109 Å². The maximum Gasteiger partial charge on any atom is 0.306 e. The van der Waals surface area contributed by atoms with E-state index < -0.39 is 6.10 Å². The molecule has 0 N–H and O–H groups in total. The van der Waals surface area contributed by atoms with E-state index >= 15 is 0 Å². The SMILES string of the molecule is CC/C=C\C/C=C\C/C=C\C/C=C\C/C=C\C/C=C\C/C=C\C/C=C\CCCCCCC(=O)OCC(COC(=O)CCCCCCCCCCCCCCCCCC)OC(=O)CCCCCCCCC/C=C\CCCCCCCC. The van der Waals surface area contributed by atoms with Crippen LogP contribution in [0.3, 0.4) is 0 Å². The first-order valence-electron chi connectivity index (χ1n) is 33.9. The molecule has 1 atom stereocenters. The van der Waals surface area contributed by atoms with Gasteiger partial charge in [0.25, 0.3) is 0 Å². The second-order valence-corrected chi connectivity index (χ2v) is 22.4. The van der Waals surface area contributed by atoms with Gasteiger partial charge in [-0.25, -0.2) is 0 Å². The van der Waals surface area contributed by atoms with Crippen molar-refractivity contribution in [3.63, 3.8) is 0 Å². The van der Waals surface area contributed by atoms with Crippen LogP contribution in [-0.4, -0.2) is 37.2 Å². The Balaban J connectivity index is 4.39. The molecule has 0 aromatic carbocycles. The topological polar surface area (TPSA) is 78.9 Å². The quantitative estimate of drug-likeness (QED) is 0.0261. The van der Waals surface area contributed by atoms with Crippen LogP contribution in [0.4, 0.5) is 0 Å². The zero-order chi connectivity index (χ0) is 57.8. The Bertz CT molecular complexity index is 1610. The van der Waals surface area contributed by atoms with Gasteiger partial charge in [0.15, 0.2) is 6.10 Å². The summed E-state index contributed by atoms with van der Waals surface area (Å²) in [6.07, 6.45) is 92.4. The highest BCUT2D eigenvalue weighted by Gasteiger charge is 2.19. The van der Waals surface area contributed by atoms with Crippen LogP contribution in [0.25, 0.3) is 0 Å². The summed E-state index contributed by atoms with van der Waals surface area (Å²) in [5.74, 6) is -0.904. The number of allylic oxidation sites excluding steroid dienone is 18. The molecule has 0 bridgehead atoms. The number of unbranched alkanes of at least 4 members (excludes halogenated alkanes) is 32. The molecule has 0 heterocycles. The first-order chi connectivity index (χ1) is 39.5. The van der Waals surface area contributed by atoms with Gasteiger partial charge in [-0.1, -0.05) is 304 Å². The lowest BCUT2D eigenvalue weighted by Gasteiger charge is -2.18. The van der Waals surface area contributed by atoms with E-state index in [-0.39, 0.29) is 31.1 Å². The summed E-state index contributed by atoms with van der Waals surface area (Å²) in [5.41, 5.74) is 0. The average Bonchev–Trinajstić information content (AvgIpc) is 3.46. The van der Waals surface area contributed by atoms with Crippen LogP contribution in [0.15, 0.2) is 109 Å². The van der Waals surface area contributed by atoms with Crippen LogP contribution in [-0.2, 0) is 28.6 Å². The van der Waals surface area contributed by atoms with Gasteiger partial charge in [-0.15, -0.1) is 0 Å². The van der Waals surface area contributed by atoms with E-state index in [2.05, 4.69) is 130 Å². The third-order valence-corrected chi connectivity index (χ3v) is 14.5. The molecule has 0 aromatic heterocycles. The van der Waals surface area contributed by atoms with Crippen LogP contribution in [0.5, 0.6) is 0 Å². The molecule has 1 unspecified atom stereocenters. The minimum absolute atomic E-state index is 0.0856. The van der Waals surface area contributed by atoms with Gasteiger partial charge in [0, 0.05) is 19.3 Å². The minimum atomic E-state index is -0.792. The minimum Gasteiger partial charge on any atom is -0.462 e. The van der Waals surface area contributed by atoms with Crippen LogP contribution in [0.1, 0.15) is 323 Å². The molecule has 0 aliphatic carbocycles. The summed E-state index contributed by atoms with van der Waals surface area (Å²) in [5, 5.41) is 0. The van der Waals surface area contributed by atoms with E-state index in [9.17, 15) is 14.4 Å². The number of esters is 3. The summed E-state index contributed by atoms with van der Waals surface area (Å²) < 4.78 is 16.9. The second-order valence-electron chi connectivity index (χ2n) is 22.4. The van der Waals surface area contributed by atoms with Gasteiger partial charge in [0.1, 0.15) is 13.2 Å². The molecule has 0 aliphatic rings. The highest BCUT2D eigenvalue weighted by molar-refractivity contribution is 5.71. The number of carbonyl (C=O) groups is 3. The fourth-order valence-corrected chi connectivity index (χ4v) is 9.45. The Hall–Kier alpha value is -3.93. The fraction of sp³-hybridized carbons (Fsp3) is 0.716. The van der Waals surface area contributed by atoms with Gasteiger partial charge in [0.05, 0.1) is 0 Å². The van der Waals surface area contributed by atoms with Gasteiger partial charge in [-0.3, -0.25) is 14.4 Å². The standard InChI is InChI=1S/C74H126O6/c1-4-7-10-13-16-19-22-25-28-31-32-33-34-35-36-37-38-39-40-41-42-44-46-49-52-55-58-61-64-67-73(76)79-70-71(69-78-72(75)66-63-60-57-54-51-48-45-30-27-24-21-18-15-12-9-6-3)80-74(77)68-65-62-59-56-53-50-47-43-29-26-23-20-17-14-11-8-5-2/h7,10,16,19,25-26,28-29,32-33,35-36,38-39,41-42,46,49,71H,4-6,8-9,11-15,17-18,20-24,27,30-31,34,37,40,43-45,47-48,50-70H2,1-3H3/b10-7-,19-16-,28-25-,29-26-,33-32-,36-35-,39-38-,42-41-,49-46-. The molecule has 458 valence electrons. The smallest absolute Gasteiger partial charge is 0.306 e. The summed E-state index contributed by atoms with van der Waals surface area (Å²) >= 11 is 0. The summed E-state index contributed by atoms with van der Waals surface area (Å²) in [4.78, 5) is 38.4. The zero-order valence-corrected chi connectivity index (χ0v) is 52.6. The van der Waals surface area contributed by atoms with E-state index in [0.29, 0.717) is 19.3 Å². The van der Waals surface area contributed by atoms with Crippen molar-refractivity contribution in [2.24, 2.45) is 0 Å². The molecule has 0 aromatic rings. The Labute approximate surface area is 495 Å². The van der Waals surface area contributed by atoms with E-state index in [0.717, 1.165) is 122 Å². The van der Waals surface area contributed by atoms with Crippen molar-refractivity contribution in [3.8, 4) is 0 Å². The Morgan fingerprint density at radius 3 is 0.775 bits per heavy atom.